The van der Waals surface area contributed by atoms with Gasteiger partial charge in [-0.25, -0.2) is 4.79 Å². The van der Waals surface area contributed by atoms with Crippen LogP contribution in [0.2, 0.25) is 0 Å². The number of nitrogens with one attached hydrogen (secondary N) is 1. The van der Waals surface area contributed by atoms with Crippen molar-refractivity contribution in [3.63, 3.8) is 0 Å². The van der Waals surface area contributed by atoms with Gasteiger partial charge >= 0.3 is 12.1 Å². The van der Waals surface area contributed by atoms with Crippen LogP contribution in [0.5, 0.6) is 0 Å². The number of amides is 1. The smallest absolute Gasteiger partial charge is 0.407 e. The van der Waals surface area contributed by atoms with Gasteiger partial charge < -0.3 is 20.1 Å². The average Bonchev–Trinajstić information content (AvgIpc) is 2.27. The number of aliphatic carboxylic acids is 1. The van der Waals surface area contributed by atoms with Crippen LogP contribution >= 0.6 is 0 Å². The summed E-state index contributed by atoms with van der Waals surface area (Å²) in [6, 6.07) is 0. The van der Waals surface area contributed by atoms with Crippen LogP contribution in [0.15, 0.2) is 0 Å². The van der Waals surface area contributed by atoms with E-state index in [1.165, 1.54) is 0 Å². The molecule has 0 aromatic carbocycles. The van der Waals surface area contributed by atoms with Crippen LogP contribution in [0.25, 0.3) is 0 Å². The van der Waals surface area contributed by atoms with Gasteiger partial charge in [-0.15, -0.1) is 0 Å². The molecule has 110 valence electrons. The Labute approximate surface area is 114 Å². The molecule has 0 spiro atoms. The lowest BCUT2D eigenvalue weighted by atomic mass is 9.97. The molecule has 19 heavy (non-hydrogen) atoms. The molecule has 6 nitrogen and oxygen atoms in total. The Morgan fingerprint density at radius 1 is 1.32 bits per heavy atom. The molecule has 1 fully saturated rings. The molecule has 0 aliphatic carbocycles. The van der Waals surface area contributed by atoms with Gasteiger partial charge in [-0.3, -0.25) is 4.79 Å². The molecule has 1 aliphatic rings. The quantitative estimate of drug-likeness (QED) is 0.806. The number of carbonyl (C=O) groups excluding carboxylic acids is 1. The van der Waals surface area contributed by atoms with Gasteiger partial charge in [0.2, 0.25) is 0 Å². The van der Waals surface area contributed by atoms with E-state index in [9.17, 15) is 9.59 Å². The third-order valence-electron chi connectivity index (χ3n) is 3.03. The number of hydrogen-bond acceptors (Lipinski definition) is 4. The maximum absolute atomic E-state index is 11.4. The summed E-state index contributed by atoms with van der Waals surface area (Å²) in [7, 11) is 0. The Morgan fingerprint density at radius 2 is 1.89 bits per heavy atom. The summed E-state index contributed by atoms with van der Waals surface area (Å²) in [5.41, 5.74) is -0.482. The highest BCUT2D eigenvalue weighted by Crippen LogP contribution is 2.16. The number of carboxylic acids is 1. The summed E-state index contributed by atoms with van der Waals surface area (Å²) < 4.78 is 5.13. The monoisotopic (exact) mass is 272 g/mol. The Kier molecular flexibility index (Phi) is 5.60. The predicted octanol–water partition coefficient (Wildman–Crippen LogP) is 1.31. The number of alkyl carbamates (subject to hydrolysis) is 1. The second-order valence-corrected chi connectivity index (χ2v) is 5.88. The molecule has 2 N–H and O–H groups in total. The van der Waals surface area contributed by atoms with Crippen molar-refractivity contribution in [1.29, 1.82) is 0 Å². The minimum Gasteiger partial charge on any atom is -0.481 e. The molecule has 0 bridgehead atoms. The first-order chi connectivity index (χ1) is 8.78. The van der Waals surface area contributed by atoms with Crippen molar-refractivity contribution in [3.05, 3.63) is 0 Å². The molecule has 0 saturated carbocycles. The highest BCUT2D eigenvalue weighted by molar-refractivity contribution is 5.70. The number of rotatable bonds is 4. The molecular weight excluding hydrogens is 248 g/mol. The van der Waals surface area contributed by atoms with E-state index in [0.717, 1.165) is 19.6 Å². The fraction of sp³-hybridized carbons (Fsp3) is 0.846. The molecular formula is C13H24N2O4. The van der Waals surface area contributed by atoms with E-state index in [-0.39, 0.29) is 5.92 Å². The first-order valence-corrected chi connectivity index (χ1v) is 6.70. The van der Waals surface area contributed by atoms with E-state index < -0.39 is 17.7 Å². The van der Waals surface area contributed by atoms with E-state index in [2.05, 4.69) is 10.2 Å². The third-order valence-corrected chi connectivity index (χ3v) is 3.03. The Hall–Kier alpha value is -1.30. The molecule has 1 heterocycles. The number of ether oxygens (including phenoxy) is 1. The Bertz CT molecular complexity index is 317. The highest BCUT2D eigenvalue weighted by Gasteiger charge is 2.24. The summed E-state index contributed by atoms with van der Waals surface area (Å²) in [5.74, 6) is -0.915. The molecule has 1 saturated heterocycles. The zero-order chi connectivity index (χ0) is 14.5. The summed E-state index contributed by atoms with van der Waals surface area (Å²) >= 11 is 0. The lowest BCUT2D eigenvalue weighted by Crippen LogP contribution is -2.42. The van der Waals surface area contributed by atoms with Crippen LogP contribution in [-0.4, -0.2) is 53.8 Å². The van der Waals surface area contributed by atoms with Gasteiger partial charge in [-0.1, -0.05) is 0 Å². The first-order valence-electron chi connectivity index (χ1n) is 6.70. The zero-order valence-electron chi connectivity index (χ0n) is 11.9. The van der Waals surface area contributed by atoms with Crippen molar-refractivity contribution in [2.24, 2.45) is 5.92 Å². The largest absolute Gasteiger partial charge is 0.481 e. The first kappa shape index (κ1) is 15.8. The molecule has 1 aliphatic heterocycles. The average molecular weight is 272 g/mol. The Morgan fingerprint density at radius 3 is 2.37 bits per heavy atom. The van der Waals surface area contributed by atoms with E-state index >= 15 is 0 Å². The number of carbonyl (C=O) groups is 2. The van der Waals surface area contributed by atoms with Crippen LogP contribution in [0.3, 0.4) is 0 Å². The topological polar surface area (TPSA) is 78.9 Å². The molecule has 1 amide bonds. The van der Waals surface area contributed by atoms with Crippen molar-refractivity contribution in [3.8, 4) is 0 Å². The summed E-state index contributed by atoms with van der Waals surface area (Å²) in [6.07, 6.45) is 0.955. The summed E-state index contributed by atoms with van der Waals surface area (Å²) in [6.45, 7) is 8.26. The highest BCUT2D eigenvalue weighted by atomic mass is 16.6. The number of piperidine rings is 1. The summed E-state index contributed by atoms with van der Waals surface area (Å²) in [5, 5.41) is 11.6. The SMILES string of the molecule is CC(C)(C)OC(=O)NCCN1CCC(C(=O)O)CC1. The molecule has 0 aromatic heterocycles. The van der Waals surface area contributed by atoms with Crippen LogP contribution in [0, 0.1) is 5.92 Å². The van der Waals surface area contributed by atoms with Crippen LogP contribution in [-0.2, 0) is 9.53 Å². The number of nitrogens with zero attached hydrogens (tertiary/aromatic N) is 1. The van der Waals surface area contributed by atoms with Gasteiger partial charge in [-0.05, 0) is 46.7 Å². The molecule has 0 radical (unpaired) electrons. The molecule has 1 rings (SSSR count). The van der Waals surface area contributed by atoms with E-state index in [1.54, 1.807) is 0 Å². The minimum atomic E-state index is -0.702. The number of hydrogen-bond donors (Lipinski definition) is 2. The number of carboxylic acid groups (broad SMARTS) is 1. The van der Waals surface area contributed by atoms with Gasteiger partial charge in [0.1, 0.15) is 5.60 Å². The second kappa shape index (κ2) is 6.75. The van der Waals surface area contributed by atoms with Gasteiger partial charge in [0.05, 0.1) is 5.92 Å². The zero-order valence-corrected chi connectivity index (χ0v) is 11.9. The lowest BCUT2D eigenvalue weighted by Gasteiger charge is -2.30. The standard InChI is InChI=1S/C13H24N2O4/c1-13(2,3)19-12(18)14-6-9-15-7-4-10(5-8-15)11(16)17/h10H,4-9H2,1-3H3,(H,14,18)(H,16,17). The molecule has 0 unspecified atom stereocenters. The fourth-order valence-electron chi connectivity index (χ4n) is 2.03. The van der Waals surface area contributed by atoms with Crippen molar-refractivity contribution < 1.29 is 19.4 Å². The molecule has 0 atom stereocenters. The maximum atomic E-state index is 11.4. The third kappa shape index (κ3) is 6.42. The molecule has 6 heteroatoms. The molecule has 0 aromatic rings. The van der Waals surface area contributed by atoms with E-state index in [4.69, 9.17) is 9.84 Å². The van der Waals surface area contributed by atoms with Gasteiger partial charge in [0, 0.05) is 13.1 Å². The van der Waals surface area contributed by atoms with Crippen molar-refractivity contribution in [1.82, 2.24) is 10.2 Å². The second-order valence-electron chi connectivity index (χ2n) is 5.88. The van der Waals surface area contributed by atoms with Gasteiger partial charge in [0.25, 0.3) is 0 Å². The van der Waals surface area contributed by atoms with Gasteiger partial charge in [-0.2, -0.15) is 0 Å². The predicted molar refractivity (Wildman–Crippen MR) is 71.0 cm³/mol. The Balaban J connectivity index is 2.14. The van der Waals surface area contributed by atoms with E-state index in [0.29, 0.717) is 19.4 Å². The fourth-order valence-corrected chi connectivity index (χ4v) is 2.03. The van der Waals surface area contributed by atoms with Crippen LogP contribution < -0.4 is 5.32 Å². The van der Waals surface area contributed by atoms with Crippen molar-refractivity contribution in [2.75, 3.05) is 26.2 Å². The van der Waals surface area contributed by atoms with E-state index in [1.807, 2.05) is 20.8 Å². The number of likely N-dealkylation sites (tertiary alicyclic amines) is 1. The van der Waals surface area contributed by atoms with Crippen LogP contribution in [0.1, 0.15) is 33.6 Å². The van der Waals surface area contributed by atoms with Crippen molar-refractivity contribution >= 4 is 12.1 Å². The van der Waals surface area contributed by atoms with Crippen LogP contribution in [0.4, 0.5) is 4.79 Å². The maximum Gasteiger partial charge on any atom is 0.407 e. The summed E-state index contributed by atoms with van der Waals surface area (Å²) in [4.78, 5) is 24.4. The van der Waals surface area contributed by atoms with Gasteiger partial charge in [0.15, 0.2) is 0 Å². The van der Waals surface area contributed by atoms with Crippen molar-refractivity contribution in [2.45, 2.75) is 39.2 Å². The lowest BCUT2D eigenvalue weighted by molar-refractivity contribution is -0.143. The normalized spacial score (nSPS) is 18.1. The minimum absolute atomic E-state index is 0.213.